The normalized spacial score (nSPS) is 10.2. The minimum Gasteiger partial charge on any atom is -0.462 e. The molecule has 4 heteroatoms. The Morgan fingerprint density at radius 1 is 0.960 bits per heavy atom. The van der Waals surface area contributed by atoms with Crippen molar-refractivity contribution in [3.63, 3.8) is 0 Å². The highest BCUT2D eigenvalue weighted by molar-refractivity contribution is 5.98. The maximum absolute atomic E-state index is 12.0. The van der Waals surface area contributed by atoms with Crippen LogP contribution in [0.1, 0.15) is 25.8 Å². The van der Waals surface area contributed by atoms with Crippen LogP contribution in [0.25, 0.3) is 0 Å². The number of anilines is 2. The number of esters is 1. The summed E-state index contributed by atoms with van der Waals surface area (Å²) in [5, 5.41) is 0. The van der Waals surface area contributed by atoms with Crippen LogP contribution < -0.4 is 4.90 Å². The predicted octanol–water partition coefficient (Wildman–Crippen LogP) is 4.42. The number of carbonyl (C=O) groups excluding carboxylic acids is 2. The quantitative estimate of drug-likeness (QED) is 0.427. The van der Waals surface area contributed by atoms with Crippen LogP contribution in [0.15, 0.2) is 66.7 Å². The Morgan fingerprint density at radius 2 is 1.56 bits per heavy atom. The number of nitrogens with zero attached hydrogens (tertiary/aromatic N) is 1. The summed E-state index contributed by atoms with van der Waals surface area (Å²) >= 11 is 0. The molecule has 0 fully saturated rings. The zero-order valence-electron chi connectivity index (χ0n) is 14.7. The van der Waals surface area contributed by atoms with Gasteiger partial charge in [-0.2, -0.15) is 0 Å². The average molecular weight is 337 g/mol. The van der Waals surface area contributed by atoms with Crippen LogP contribution in [0.2, 0.25) is 0 Å². The Hall–Kier alpha value is -2.88. The number of rotatable bonds is 7. The van der Waals surface area contributed by atoms with E-state index in [9.17, 15) is 9.59 Å². The van der Waals surface area contributed by atoms with Crippen molar-refractivity contribution in [3.8, 4) is 0 Å². The van der Waals surface area contributed by atoms with Crippen molar-refractivity contribution in [1.82, 2.24) is 0 Å². The molecular weight excluding hydrogens is 314 g/mol. The summed E-state index contributed by atoms with van der Waals surface area (Å²) in [6.07, 6.45) is 1.54. The fourth-order valence-corrected chi connectivity index (χ4v) is 2.47. The van der Waals surface area contributed by atoms with E-state index in [1.807, 2.05) is 54.6 Å². The Morgan fingerprint density at radius 3 is 2.12 bits per heavy atom. The van der Waals surface area contributed by atoms with Gasteiger partial charge in [-0.25, -0.2) is 4.79 Å². The molecule has 0 aromatic heterocycles. The zero-order valence-corrected chi connectivity index (χ0v) is 14.7. The van der Waals surface area contributed by atoms with E-state index in [-0.39, 0.29) is 11.9 Å². The molecule has 0 aliphatic carbocycles. The highest BCUT2D eigenvalue weighted by Crippen LogP contribution is 2.25. The number of hydrogen-bond donors (Lipinski definition) is 0. The molecule has 0 heterocycles. The predicted molar refractivity (Wildman–Crippen MR) is 99.8 cm³/mol. The molecule has 0 saturated heterocycles. The first-order valence-corrected chi connectivity index (χ1v) is 8.26. The SMILES string of the molecule is C=C(C)C(=O)OCCCc1ccc(N(C(C)=O)c2ccccc2)cc1. The van der Waals surface area contributed by atoms with Crippen molar-refractivity contribution < 1.29 is 14.3 Å². The first-order valence-electron chi connectivity index (χ1n) is 8.26. The Bertz CT molecular complexity index is 735. The lowest BCUT2D eigenvalue weighted by atomic mass is 10.1. The van der Waals surface area contributed by atoms with Crippen molar-refractivity contribution >= 4 is 23.3 Å². The average Bonchev–Trinajstić information content (AvgIpc) is 2.60. The van der Waals surface area contributed by atoms with E-state index >= 15 is 0 Å². The van der Waals surface area contributed by atoms with Gasteiger partial charge in [-0.3, -0.25) is 9.69 Å². The van der Waals surface area contributed by atoms with E-state index in [1.54, 1.807) is 18.7 Å². The van der Waals surface area contributed by atoms with Crippen molar-refractivity contribution in [1.29, 1.82) is 0 Å². The van der Waals surface area contributed by atoms with E-state index in [0.717, 1.165) is 29.8 Å². The van der Waals surface area contributed by atoms with Crippen molar-refractivity contribution in [2.75, 3.05) is 11.5 Å². The van der Waals surface area contributed by atoms with Gasteiger partial charge in [-0.05, 0) is 49.6 Å². The van der Waals surface area contributed by atoms with Gasteiger partial charge < -0.3 is 4.74 Å². The van der Waals surface area contributed by atoms with Crippen LogP contribution in [0.3, 0.4) is 0 Å². The number of aryl methyl sites for hydroxylation is 1. The molecular formula is C21H23NO3. The van der Waals surface area contributed by atoms with E-state index < -0.39 is 0 Å². The van der Waals surface area contributed by atoms with Crippen molar-refractivity contribution in [2.24, 2.45) is 0 Å². The molecule has 2 aromatic rings. The lowest BCUT2D eigenvalue weighted by Gasteiger charge is -2.21. The zero-order chi connectivity index (χ0) is 18.2. The summed E-state index contributed by atoms with van der Waals surface area (Å²) in [5.74, 6) is -0.388. The topological polar surface area (TPSA) is 46.6 Å². The van der Waals surface area contributed by atoms with Gasteiger partial charge in [0.15, 0.2) is 0 Å². The standard InChI is InChI=1S/C21H23NO3/c1-16(2)21(24)25-15-7-8-18-11-13-20(14-12-18)22(17(3)23)19-9-5-4-6-10-19/h4-6,9-14H,1,7-8,15H2,2-3H3. The monoisotopic (exact) mass is 337 g/mol. The van der Waals surface area contributed by atoms with Crippen LogP contribution >= 0.6 is 0 Å². The second-order valence-corrected chi connectivity index (χ2v) is 5.88. The molecule has 0 aliphatic rings. The molecule has 0 bridgehead atoms. The smallest absolute Gasteiger partial charge is 0.333 e. The fourth-order valence-electron chi connectivity index (χ4n) is 2.47. The Kier molecular flexibility index (Phi) is 6.52. The number of amides is 1. The molecule has 1 amide bonds. The van der Waals surface area contributed by atoms with Crippen LogP contribution in [0.5, 0.6) is 0 Å². The molecule has 130 valence electrons. The van der Waals surface area contributed by atoms with Gasteiger partial charge >= 0.3 is 5.97 Å². The highest BCUT2D eigenvalue weighted by Gasteiger charge is 2.13. The van der Waals surface area contributed by atoms with Crippen LogP contribution in [0, 0.1) is 0 Å². The summed E-state index contributed by atoms with van der Waals surface area (Å²) in [4.78, 5) is 25.0. The molecule has 2 rings (SSSR count). The third kappa shape index (κ3) is 5.31. The first kappa shape index (κ1) is 18.5. The highest BCUT2D eigenvalue weighted by atomic mass is 16.5. The Balaban J connectivity index is 1.97. The van der Waals surface area contributed by atoms with Crippen LogP contribution in [-0.4, -0.2) is 18.5 Å². The molecule has 0 atom stereocenters. The number of carbonyl (C=O) groups is 2. The van der Waals surface area contributed by atoms with Crippen LogP contribution in [-0.2, 0) is 20.7 Å². The summed E-state index contributed by atoms with van der Waals surface area (Å²) in [5.41, 5.74) is 3.21. The lowest BCUT2D eigenvalue weighted by molar-refractivity contribution is -0.139. The molecule has 4 nitrogen and oxygen atoms in total. The molecule has 0 unspecified atom stereocenters. The number of hydrogen-bond acceptors (Lipinski definition) is 3. The molecule has 2 aromatic carbocycles. The molecule has 0 saturated carbocycles. The second kappa shape index (κ2) is 8.83. The van der Waals surface area contributed by atoms with Crippen molar-refractivity contribution in [2.45, 2.75) is 26.7 Å². The molecule has 0 spiro atoms. The van der Waals surface area contributed by atoms with Gasteiger partial charge in [-0.1, -0.05) is 36.9 Å². The maximum Gasteiger partial charge on any atom is 0.333 e. The van der Waals surface area contributed by atoms with Gasteiger partial charge in [-0.15, -0.1) is 0 Å². The maximum atomic E-state index is 12.0. The van der Waals surface area contributed by atoms with Gasteiger partial charge in [0.05, 0.1) is 6.61 Å². The third-order valence-corrected chi connectivity index (χ3v) is 3.72. The van der Waals surface area contributed by atoms with Gasteiger partial charge in [0, 0.05) is 23.9 Å². The van der Waals surface area contributed by atoms with E-state index in [0.29, 0.717) is 12.2 Å². The third-order valence-electron chi connectivity index (χ3n) is 3.72. The summed E-state index contributed by atoms with van der Waals surface area (Å²) in [6, 6.07) is 17.4. The van der Waals surface area contributed by atoms with E-state index in [1.165, 1.54) is 0 Å². The van der Waals surface area contributed by atoms with E-state index in [4.69, 9.17) is 4.74 Å². The molecule has 25 heavy (non-hydrogen) atoms. The fraction of sp³-hybridized carbons (Fsp3) is 0.238. The Labute approximate surface area is 148 Å². The van der Waals surface area contributed by atoms with Crippen molar-refractivity contribution in [3.05, 3.63) is 72.3 Å². The van der Waals surface area contributed by atoms with Gasteiger partial charge in [0.2, 0.25) is 5.91 Å². The lowest BCUT2D eigenvalue weighted by Crippen LogP contribution is -2.22. The first-order chi connectivity index (χ1) is 12.0. The summed E-state index contributed by atoms with van der Waals surface area (Å²) < 4.78 is 5.09. The van der Waals surface area contributed by atoms with Crippen LogP contribution in [0.4, 0.5) is 11.4 Å². The van der Waals surface area contributed by atoms with Gasteiger partial charge in [0.1, 0.15) is 0 Å². The summed E-state index contributed by atoms with van der Waals surface area (Å²) in [7, 11) is 0. The summed E-state index contributed by atoms with van der Waals surface area (Å²) in [6.45, 7) is 7.11. The molecule has 0 N–H and O–H groups in total. The number of benzene rings is 2. The molecule has 0 radical (unpaired) electrons. The minimum atomic E-state index is -0.352. The second-order valence-electron chi connectivity index (χ2n) is 5.88. The minimum absolute atomic E-state index is 0.0364. The number of para-hydroxylation sites is 1. The van der Waals surface area contributed by atoms with E-state index in [2.05, 4.69) is 6.58 Å². The van der Waals surface area contributed by atoms with Gasteiger partial charge in [0.25, 0.3) is 0 Å². The largest absolute Gasteiger partial charge is 0.462 e. The number of ether oxygens (including phenoxy) is 1. The molecule has 0 aliphatic heterocycles.